The van der Waals surface area contributed by atoms with Crippen LogP contribution in [0.4, 0.5) is 5.69 Å². The van der Waals surface area contributed by atoms with Gasteiger partial charge in [0.05, 0.1) is 11.4 Å². The smallest absolute Gasteiger partial charge is 0.294 e. The Kier molecular flexibility index (Phi) is 3.38. The fourth-order valence-corrected chi connectivity index (χ4v) is 1.97. The number of anilines is 1. The van der Waals surface area contributed by atoms with Crippen LogP contribution in [0.25, 0.3) is 5.69 Å². The Morgan fingerprint density at radius 1 is 1.35 bits per heavy atom. The third kappa shape index (κ3) is 2.29. The molecule has 0 saturated carbocycles. The first-order chi connectivity index (χ1) is 8.13. The molecule has 90 valence electrons. The zero-order chi connectivity index (χ0) is 12.4. The SMILES string of the molecule is CCCc1[nH]n(-c2ccc(Br)cc2)c(=O)c1N. The summed E-state index contributed by atoms with van der Waals surface area (Å²) in [6, 6.07) is 7.49. The van der Waals surface area contributed by atoms with Gasteiger partial charge in [-0.25, -0.2) is 4.68 Å². The number of nitrogens with two attached hydrogens (primary N) is 1. The largest absolute Gasteiger partial charge is 0.393 e. The molecule has 0 aliphatic rings. The molecule has 0 radical (unpaired) electrons. The zero-order valence-electron chi connectivity index (χ0n) is 9.53. The third-order valence-electron chi connectivity index (χ3n) is 2.59. The van der Waals surface area contributed by atoms with Crippen LogP contribution in [0.5, 0.6) is 0 Å². The van der Waals surface area contributed by atoms with Crippen molar-refractivity contribution in [2.24, 2.45) is 0 Å². The van der Waals surface area contributed by atoms with E-state index in [1.807, 2.05) is 24.3 Å². The molecule has 0 saturated heterocycles. The second kappa shape index (κ2) is 4.79. The van der Waals surface area contributed by atoms with E-state index in [9.17, 15) is 4.79 Å². The van der Waals surface area contributed by atoms with Crippen molar-refractivity contribution < 1.29 is 0 Å². The van der Waals surface area contributed by atoms with Crippen LogP contribution < -0.4 is 11.3 Å². The van der Waals surface area contributed by atoms with E-state index in [0.717, 1.165) is 28.7 Å². The van der Waals surface area contributed by atoms with Crippen molar-refractivity contribution in [1.29, 1.82) is 0 Å². The molecule has 0 unspecified atom stereocenters. The molecule has 0 bridgehead atoms. The van der Waals surface area contributed by atoms with Gasteiger partial charge >= 0.3 is 0 Å². The molecule has 1 aromatic carbocycles. The van der Waals surface area contributed by atoms with E-state index in [-0.39, 0.29) is 5.56 Å². The maximum atomic E-state index is 11.9. The number of nitrogens with zero attached hydrogens (tertiary/aromatic N) is 1. The van der Waals surface area contributed by atoms with E-state index >= 15 is 0 Å². The molecule has 0 amide bonds. The molecule has 17 heavy (non-hydrogen) atoms. The van der Waals surface area contributed by atoms with Gasteiger partial charge in [0.1, 0.15) is 5.69 Å². The van der Waals surface area contributed by atoms with Gasteiger partial charge in [0.2, 0.25) is 0 Å². The zero-order valence-corrected chi connectivity index (χ0v) is 11.1. The quantitative estimate of drug-likeness (QED) is 0.914. The maximum Gasteiger partial charge on any atom is 0.294 e. The second-order valence-electron chi connectivity index (χ2n) is 3.87. The average molecular weight is 296 g/mol. The van der Waals surface area contributed by atoms with Gasteiger partial charge < -0.3 is 5.73 Å². The Labute approximate surface area is 108 Å². The number of benzene rings is 1. The van der Waals surface area contributed by atoms with Crippen LogP contribution in [0.15, 0.2) is 33.5 Å². The monoisotopic (exact) mass is 295 g/mol. The number of halogens is 1. The molecule has 3 N–H and O–H groups in total. The first kappa shape index (κ1) is 12.0. The Hall–Kier alpha value is -1.49. The highest BCUT2D eigenvalue weighted by molar-refractivity contribution is 9.10. The van der Waals surface area contributed by atoms with E-state index in [4.69, 9.17) is 5.73 Å². The molecule has 4 nitrogen and oxygen atoms in total. The summed E-state index contributed by atoms with van der Waals surface area (Å²) in [7, 11) is 0. The van der Waals surface area contributed by atoms with Crippen LogP contribution in [0.3, 0.4) is 0 Å². The maximum absolute atomic E-state index is 11.9. The Morgan fingerprint density at radius 2 is 2.00 bits per heavy atom. The van der Waals surface area contributed by atoms with Crippen molar-refractivity contribution in [3.63, 3.8) is 0 Å². The number of aromatic nitrogens is 2. The number of rotatable bonds is 3. The van der Waals surface area contributed by atoms with Gasteiger partial charge in [-0.05, 0) is 30.7 Å². The molecule has 1 aromatic heterocycles. The summed E-state index contributed by atoms with van der Waals surface area (Å²) >= 11 is 3.36. The fourth-order valence-electron chi connectivity index (χ4n) is 1.71. The fraction of sp³-hybridized carbons (Fsp3) is 0.250. The predicted octanol–water partition coefficient (Wildman–Crippen LogP) is 2.46. The summed E-state index contributed by atoms with van der Waals surface area (Å²) in [6.07, 6.45) is 1.73. The number of nitrogen functional groups attached to an aromatic ring is 1. The molecule has 2 rings (SSSR count). The molecule has 0 atom stereocenters. The molecule has 5 heteroatoms. The minimum Gasteiger partial charge on any atom is -0.393 e. The molecule has 2 aromatic rings. The standard InChI is InChI=1S/C12H14BrN3O/c1-2-3-10-11(14)12(17)16(15-10)9-6-4-8(13)5-7-9/h4-7,15H,2-3,14H2,1H3. The number of H-pyrrole nitrogens is 1. The summed E-state index contributed by atoms with van der Waals surface area (Å²) in [6.45, 7) is 2.05. The minimum atomic E-state index is -0.184. The number of hydrogen-bond donors (Lipinski definition) is 2. The van der Waals surface area contributed by atoms with E-state index < -0.39 is 0 Å². The Morgan fingerprint density at radius 3 is 2.59 bits per heavy atom. The van der Waals surface area contributed by atoms with E-state index in [1.54, 1.807) is 0 Å². The van der Waals surface area contributed by atoms with Gasteiger partial charge in [0, 0.05) is 4.47 Å². The molecular formula is C12H14BrN3O. The van der Waals surface area contributed by atoms with Crippen molar-refractivity contribution in [2.45, 2.75) is 19.8 Å². The normalized spacial score (nSPS) is 10.7. The van der Waals surface area contributed by atoms with Gasteiger partial charge in [-0.1, -0.05) is 29.3 Å². The molecule has 1 heterocycles. The molecule has 0 spiro atoms. The first-order valence-corrected chi connectivity index (χ1v) is 6.28. The Balaban J connectivity index is 2.49. The summed E-state index contributed by atoms with van der Waals surface area (Å²) in [5.41, 5.74) is 7.50. The number of hydrogen-bond acceptors (Lipinski definition) is 2. The number of nitrogens with one attached hydrogen (secondary N) is 1. The van der Waals surface area contributed by atoms with Crippen molar-refractivity contribution in [3.05, 3.63) is 44.8 Å². The summed E-state index contributed by atoms with van der Waals surface area (Å²) in [5, 5.41) is 3.05. The predicted molar refractivity (Wildman–Crippen MR) is 72.5 cm³/mol. The first-order valence-electron chi connectivity index (χ1n) is 5.48. The van der Waals surface area contributed by atoms with Crippen molar-refractivity contribution in [1.82, 2.24) is 9.78 Å². The highest BCUT2D eigenvalue weighted by atomic mass is 79.9. The van der Waals surface area contributed by atoms with Gasteiger partial charge in [0.25, 0.3) is 5.56 Å². The van der Waals surface area contributed by atoms with Gasteiger partial charge in [-0.2, -0.15) is 0 Å². The van der Waals surface area contributed by atoms with Crippen molar-refractivity contribution in [3.8, 4) is 5.69 Å². The topological polar surface area (TPSA) is 63.8 Å². The Bertz CT molecular complexity index is 568. The lowest BCUT2D eigenvalue weighted by atomic mass is 10.2. The summed E-state index contributed by atoms with van der Waals surface area (Å²) < 4.78 is 2.45. The van der Waals surface area contributed by atoms with Gasteiger partial charge in [-0.15, -0.1) is 0 Å². The number of aryl methyl sites for hydroxylation is 1. The van der Waals surface area contributed by atoms with E-state index in [0.29, 0.717) is 5.69 Å². The highest BCUT2D eigenvalue weighted by Gasteiger charge is 2.11. The van der Waals surface area contributed by atoms with Gasteiger partial charge in [0.15, 0.2) is 0 Å². The summed E-state index contributed by atoms with van der Waals surface area (Å²) in [5.74, 6) is 0. The van der Waals surface area contributed by atoms with Crippen molar-refractivity contribution in [2.75, 3.05) is 5.73 Å². The van der Waals surface area contributed by atoms with Crippen LogP contribution >= 0.6 is 15.9 Å². The lowest BCUT2D eigenvalue weighted by Gasteiger charge is -2.01. The van der Waals surface area contributed by atoms with Gasteiger partial charge in [-0.3, -0.25) is 9.89 Å². The molecule has 0 aliphatic carbocycles. The van der Waals surface area contributed by atoms with E-state index in [2.05, 4.69) is 28.0 Å². The van der Waals surface area contributed by atoms with Crippen LogP contribution in [0.1, 0.15) is 19.0 Å². The van der Waals surface area contributed by atoms with Crippen LogP contribution in [0, 0.1) is 0 Å². The molecule has 0 aliphatic heterocycles. The van der Waals surface area contributed by atoms with Crippen molar-refractivity contribution >= 4 is 21.6 Å². The lowest BCUT2D eigenvalue weighted by Crippen LogP contribution is -2.16. The minimum absolute atomic E-state index is 0.184. The van der Waals surface area contributed by atoms with Crippen LogP contribution in [0.2, 0.25) is 0 Å². The molecular weight excluding hydrogens is 282 g/mol. The second-order valence-corrected chi connectivity index (χ2v) is 4.79. The average Bonchev–Trinajstić information content (AvgIpc) is 2.59. The summed E-state index contributed by atoms with van der Waals surface area (Å²) in [4.78, 5) is 11.9. The number of aromatic amines is 1. The third-order valence-corrected chi connectivity index (χ3v) is 3.12. The lowest BCUT2D eigenvalue weighted by molar-refractivity contribution is 0.793. The highest BCUT2D eigenvalue weighted by Crippen LogP contribution is 2.14. The van der Waals surface area contributed by atoms with Crippen LogP contribution in [-0.4, -0.2) is 9.78 Å². The van der Waals surface area contributed by atoms with E-state index in [1.165, 1.54) is 4.68 Å². The molecule has 0 fully saturated rings. The van der Waals surface area contributed by atoms with Crippen LogP contribution in [-0.2, 0) is 6.42 Å².